The van der Waals surface area contributed by atoms with Gasteiger partial charge in [-0.15, -0.1) is 0 Å². The van der Waals surface area contributed by atoms with E-state index >= 15 is 0 Å². The number of ether oxygens (including phenoxy) is 1. The van der Waals surface area contributed by atoms with Crippen molar-refractivity contribution in [2.75, 3.05) is 18.0 Å². The number of nitriles is 1. The van der Waals surface area contributed by atoms with Crippen molar-refractivity contribution < 1.29 is 8.95 Å². The number of hydrogen-bond acceptors (Lipinski definition) is 10. The molecule has 228 valence electrons. The van der Waals surface area contributed by atoms with Crippen LogP contribution in [0.2, 0.25) is 5.02 Å². The van der Waals surface area contributed by atoms with Crippen molar-refractivity contribution in [1.29, 1.82) is 5.26 Å². The Hall–Kier alpha value is -3.31. The van der Waals surface area contributed by atoms with Crippen molar-refractivity contribution in [3.05, 3.63) is 52.6 Å². The molecular formula is C30H32ClN9O2S2. The maximum atomic E-state index is 12.4. The van der Waals surface area contributed by atoms with Crippen molar-refractivity contribution in [1.82, 2.24) is 30.1 Å². The number of fused-ring (bicyclic) bond motifs is 2. The molecule has 0 bridgehead atoms. The summed E-state index contributed by atoms with van der Waals surface area (Å²) in [6, 6.07) is 8.20. The van der Waals surface area contributed by atoms with Gasteiger partial charge in [0.05, 0.1) is 21.1 Å². The molecule has 3 N–H and O–H groups in total. The Balaban J connectivity index is 1.13. The number of halogens is 1. The summed E-state index contributed by atoms with van der Waals surface area (Å²) in [5.74, 6) is 1.11. The van der Waals surface area contributed by atoms with Gasteiger partial charge in [-0.2, -0.15) is 15.3 Å². The minimum absolute atomic E-state index is 0.0182. The van der Waals surface area contributed by atoms with E-state index in [1.807, 2.05) is 26.1 Å². The van der Waals surface area contributed by atoms with Gasteiger partial charge >= 0.3 is 0 Å². The third-order valence-electron chi connectivity index (χ3n) is 9.15. The number of nitrogens with one attached hydrogen (secondary N) is 1. The van der Waals surface area contributed by atoms with Crippen LogP contribution in [-0.2, 0) is 17.4 Å². The Labute approximate surface area is 267 Å². The fourth-order valence-electron chi connectivity index (χ4n) is 6.48. The molecular weight excluding hydrogens is 618 g/mol. The lowest BCUT2D eigenvalue weighted by Crippen LogP contribution is -2.45. The van der Waals surface area contributed by atoms with Gasteiger partial charge in [-0.1, -0.05) is 29.4 Å². The summed E-state index contributed by atoms with van der Waals surface area (Å²) in [7, 11) is -1.45. The molecule has 1 spiro atoms. The van der Waals surface area contributed by atoms with Gasteiger partial charge in [0.1, 0.15) is 22.2 Å². The molecule has 0 aromatic carbocycles. The molecule has 2 aliphatic carbocycles. The summed E-state index contributed by atoms with van der Waals surface area (Å²) in [6.45, 7) is 5.40. The molecule has 5 heterocycles. The molecule has 1 aliphatic heterocycles. The first-order valence-corrected chi connectivity index (χ1v) is 17.1. The van der Waals surface area contributed by atoms with Gasteiger partial charge in [-0.3, -0.25) is 15.2 Å². The number of piperidine rings is 1. The number of H-pyrrole nitrogens is 1. The van der Waals surface area contributed by atoms with Crippen molar-refractivity contribution in [3.8, 4) is 11.9 Å². The van der Waals surface area contributed by atoms with Gasteiger partial charge in [0, 0.05) is 36.1 Å². The van der Waals surface area contributed by atoms with E-state index in [1.54, 1.807) is 12.3 Å². The second-order valence-corrected chi connectivity index (χ2v) is 15.6. The van der Waals surface area contributed by atoms with Gasteiger partial charge in [0.25, 0.3) is 0 Å². The number of rotatable bonds is 8. The largest absolute Gasteiger partial charge is 0.473 e. The van der Waals surface area contributed by atoms with E-state index in [0.29, 0.717) is 32.9 Å². The fourth-order valence-corrected chi connectivity index (χ4v) is 7.99. The molecule has 0 radical (unpaired) electrons. The van der Waals surface area contributed by atoms with Crippen LogP contribution in [0.4, 0.5) is 5.95 Å². The maximum absolute atomic E-state index is 12.4. The zero-order valence-corrected chi connectivity index (χ0v) is 26.8. The number of pyridine rings is 2. The van der Waals surface area contributed by atoms with Crippen LogP contribution in [0.5, 0.6) is 5.88 Å². The summed E-state index contributed by atoms with van der Waals surface area (Å²) in [5.41, 5.74) is 3.10. The maximum Gasteiger partial charge on any atom is 0.234 e. The zero-order chi connectivity index (χ0) is 30.6. The molecule has 11 nitrogen and oxygen atoms in total. The zero-order valence-electron chi connectivity index (χ0n) is 24.4. The summed E-state index contributed by atoms with van der Waals surface area (Å²) in [6.07, 6.45) is 9.06. The van der Waals surface area contributed by atoms with E-state index in [0.717, 1.165) is 62.2 Å². The molecule has 2 fully saturated rings. The standard InChI is InChI=1S/C30H32ClN9O2S2/c1-29(2,44(33)41)14-19-18-4-3-10-34-20(18)15-30(19)8-12-40(13-9-30)28-36-21(16-32)23-25(37-28)38-39-27(23)43-22-7-11-35-26(24(22)31)42-17-5-6-17/h3-4,7,10-11,17,19H,5-6,8-9,12-15,33H2,1-2H3,(H,36,37,38,39)/t19-,44?/m1/s1. The average Bonchev–Trinajstić information content (AvgIpc) is 3.68. The lowest BCUT2D eigenvalue weighted by atomic mass is 9.67. The SMILES string of the molecule is CC(C)(C[C@@H]1c2cccnc2CC12CCN(c1nc(C#N)c3c(Sc4ccnc(OC5CC5)c4Cl)n[nH]c3n1)CC2)S(N)=O. The molecule has 1 saturated heterocycles. The van der Waals surface area contributed by atoms with E-state index in [9.17, 15) is 9.47 Å². The molecule has 0 amide bonds. The summed E-state index contributed by atoms with van der Waals surface area (Å²) < 4.78 is 17.7. The van der Waals surface area contributed by atoms with Gasteiger partial charge in [-0.25, -0.2) is 14.2 Å². The highest BCUT2D eigenvalue weighted by molar-refractivity contribution is 7.99. The van der Waals surface area contributed by atoms with E-state index < -0.39 is 15.7 Å². The predicted octanol–water partition coefficient (Wildman–Crippen LogP) is 5.08. The first kappa shape index (κ1) is 29.4. The topological polar surface area (TPSA) is 160 Å². The second kappa shape index (κ2) is 11.2. The second-order valence-electron chi connectivity index (χ2n) is 12.5. The van der Waals surface area contributed by atoms with E-state index in [1.165, 1.54) is 17.3 Å². The highest BCUT2D eigenvalue weighted by Crippen LogP contribution is 2.56. The Bertz CT molecular complexity index is 1810. The summed E-state index contributed by atoms with van der Waals surface area (Å²) in [4.78, 5) is 21.4. The molecule has 14 heteroatoms. The first-order valence-electron chi connectivity index (χ1n) is 14.7. The average molecular weight is 650 g/mol. The molecule has 7 rings (SSSR count). The third kappa shape index (κ3) is 5.31. The number of nitrogens with two attached hydrogens (primary N) is 1. The van der Waals surface area contributed by atoms with Gasteiger partial charge < -0.3 is 9.64 Å². The van der Waals surface area contributed by atoms with Gasteiger partial charge in [-0.05, 0) is 81.4 Å². The lowest BCUT2D eigenvalue weighted by molar-refractivity contribution is 0.169. The number of aromatic amines is 1. The summed E-state index contributed by atoms with van der Waals surface area (Å²) in [5, 5.41) is 25.0. The van der Waals surface area contributed by atoms with Crippen LogP contribution in [0.15, 0.2) is 40.5 Å². The molecule has 44 heavy (non-hydrogen) atoms. The third-order valence-corrected chi connectivity index (χ3v) is 11.9. The first-order chi connectivity index (χ1) is 21.2. The molecule has 4 aromatic rings. The van der Waals surface area contributed by atoms with Crippen molar-refractivity contribution in [2.24, 2.45) is 10.6 Å². The Morgan fingerprint density at radius 3 is 2.77 bits per heavy atom. The van der Waals surface area contributed by atoms with Crippen molar-refractivity contribution in [3.63, 3.8) is 0 Å². The van der Waals surface area contributed by atoms with Crippen LogP contribution >= 0.6 is 23.4 Å². The van der Waals surface area contributed by atoms with Crippen molar-refractivity contribution >= 4 is 51.3 Å². The molecule has 3 aliphatic rings. The van der Waals surface area contributed by atoms with Crippen LogP contribution in [-0.4, -0.2) is 58.3 Å². The van der Waals surface area contributed by atoms with Crippen LogP contribution in [0.25, 0.3) is 11.0 Å². The van der Waals surface area contributed by atoms with Crippen LogP contribution in [0.3, 0.4) is 0 Å². The Morgan fingerprint density at radius 1 is 1.25 bits per heavy atom. The minimum Gasteiger partial charge on any atom is -0.473 e. The quantitative estimate of drug-likeness (QED) is 0.263. The number of aromatic nitrogens is 6. The normalized spacial score (nSPS) is 20.1. The monoisotopic (exact) mass is 649 g/mol. The lowest BCUT2D eigenvalue weighted by Gasteiger charge is -2.45. The predicted molar refractivity (Wildman–Crippen MR) is 169 cm³/mol. The fraction of sp³-hybridized carbons (Fsp3) is 0.467. The number of anilines is 1. The molecule has 1 unspecified atom stereocenters. The number of hydrogen-bond donors (Lipinski definition) is 2. The Kier molecular flexibility index (Phi) is 7.51. The smallest absolute Gasteiger partial charge is 0.234 e. The van der Waals surface area contributed by atoms with E-state index in [-0.39, 0.29) is 23.1 Å². The van der Waals surface area contributed by atoms with Crippen molar-refractivity contribution in [2.45, 2.75) is 79.1 Å². The highest BCUT2D eigenvalue weighted by atomic mass is 35.5. The summed E-state index contributed by atoms with van der Waals surface area (Å²) >= 11 is 7.94. The van der Waals surface area contributed by atoms with E-state index in [2.05, 4.69) is 32.2 Å². The molecule has 4 aromatic heterocycles. The number of nitrogens with zero attached hydrogens (tertiary/aromatic N) is 7. The molecule has 2 atom stereocenters. The van der Waals surface area contributed by atoms with Crippen LogP contribution in [0.1, 0.15) is 68.8 Å². The molecule has 1 saturated carbocycles. The van der Waals surface area contributed by atoms with Gasteiger partial charge in [0.15, 0.2) is 11.3 Å². The van der Waals surface area contributed by atoms with Crippen LogP contribution < -0.4 is 14.8 Å². The highest BCUT2D eigenvalue weighted by Gasteiger charge is 2.50. The Morgan fingerprint density at radius 2 is 2.05 bits per heavy atom. The van der Waals surface area contributed by atoms with E-state index in [4.69, 9.17) is 36.4 Å². The minimum atomic E-state index is -1.45. The van der Waals surface area contributed by atoms with Gasteiger partial charge in [0.2, 0.25) is 11.8 Å². The van der Waals surface area contributed by atoms with Crippen LogP contribution in [0, 0.1) is 16.7 Å².